The number of carbonyl (C=O) groups excluding carboxylic acids is 1. The lowest BCUT2D eigenvalue weighted by atomic mass is 10.2. The number of ether oxygens (including phenoxy) is 2. The van der Waals surface area contributed by atoms with Crippen LogP contribution in [-0.4, -0.2) is 36.9 Å². The van der Waals surface area contributed by atoms with Crippen LogP contribution in [0, 0.1) is 0 Å². The lowest BCUT2D eigenvalue weighted by Crippen LogP contribution is -2.29. The Labute approximate surface area is 162 Å². The van der Waals surface area contributed by atoms with E-state index in [1.54, 1.807) is 43.4 Å². The minimum absolute atomic E-state index is 0.143. The molecule has 4 rings (SSSR count). The fourth-order valence-corrected chi connectivity index (χ4v) is 3.26. The van der Waals surface area contributed by atoms with E-state index in [4.69, 9.17) is 9.47 Å². The first-order valence-electron chi connectivity index (χ1n) is 8.92. The summed E-state index contributed by atoms with van der Waals surface area (Å²) in [5.74, 6) is 1.65. The van der Waals surface area contributed by atoms with Crippen molar-refractivity contribution in [3.05, 3.63) is 65.9 Å². The highest BCUT2D eigenvalue weighted by Gasteiger charge is 2.26. The second-order valence-corrected chi connectivity index (χ2v) is 6.33. The number of benzene rings is 2. The molecule has 142 valence electrons. The Bertz CT molecular complexity index is 1000. The van der Waals surface area contributed by atoms with Crippen LogP contribution < -0.4 is 19.7 Å². The molecule has 0 fully saturated rings. The number of fused-ring (bicyclic) bond motifs is 1. The van der Waals surface area contributed by atoms with E-state index in [1.165, 1.54) is 5.56 Å². The number of methoxy groups -OCH3 is 2. The van der Waals surface area contributed by atoms with Crippen molar-refractivity contribution in [1.29, 1.82) is 0 Å². The number of para-hydroxylation sites is 1. The SMILES string of the molecule is COc1ccc(Nc2ccc(C(=O)N3CCc4ccccc43)nn2)cc1OC. The van der Waals surface area contributed by atoms with Crippen molar-refractivity contribution < 1.29 is 14.3 Å². The Balaban J connectivity index is 1.49. The van der Waals surface area contributed by atoms with Crippen LogP contribution in [0.5, 0.6) is 11.5 Å². The number of hydrogen-bond donors (Lipinski definition) is 1. The highest BCUT2D eigenvalue weighted by atomic mass is 16.5. The number of rotatable bonds is 5. The number of aromatic nitrogens is 2. The number of carbonyl (C=O) groups is 1. The molecular formula is C21H20N4O3. The van der Waals surface area contributed by atoms with Crippen LogP contribution in [0.15, 0.2) is 54.6 Å². The van der Waals surface area contributed by atoms with Crippen LogP contribution in [0.3, 0.4) is 0 Å². The molecule has 0 saturated heterocycles. The smallest absolute Gasteiger partial charge is 0.278 e. The normalized spacial score (nSPS) is 12.4. The second-order valence-electron chi connectivity index (χ2n) is 6.33. The molecule has 1 aliphatic heterocycles. The molecule has 7 nitrogen and oxygen atoms in total. The quantitative estimate of drug-likeness (QED) is 0.735. The minimum Gasteiger partial charge on any atom is -0.493 e. The molecule has 2 aromatic carbocycles. The van der Waals surface area contributed by atoms with E-state index >= 15 is 0 Å². The van der Waals surface area contributed by atoms with E-state index in [0.717, 1.165) is 17.8 Å². The molecule has 0 atom stereocenters. The van der Waals surface area contributed by atoms with Crippen LogP contribution in [0.4, 0.5) is 17.2 Å². The summed E-state index contributed by atoms with van der Waals surface area (Å²) in [5, 5.41) is 11.4. The number of hydrogen-bond acceptors (Lipinski definition) is 6. The van der Waals surface area contributed by atoms with Gasteiger partial charge in [-0.3, -0.25) is 4.79 Å². The van der Waals surface area contributed by atoms with Crippen LogP contribution in [0.2, 0.25) is 0 Å². The van der Waals surface area contributed by atoms with Gasteiger partial charge < -0.3 is 19.7 Å². The Morgan fingerprint density at radius 1 is 1.00 bits per heavy atom. The first-order chi connectivity index (χ1) is 13.7. The van der Waals surface area contributed by atoms with E-state index in [9.17, 15) is 4.79 Å². The molecule has 3 aromatic rings. The summed E-state index contributed by atoms with van der Waals surface area (Å²) in [5.41, 5.74) is 3.21. The van der Waals surface area contributed by atoms with Crippen LogP contribution in [0.1, 0.15) is 16.1 Å². The summed E-state index contributed by atoms with van der Waals surface area (Å²) in [6, 6.07) is 16.8. The molecule has 2 heterocycles. The summed E-state index contributed by atoms with van der Waals surface area (Å²) in [6.07, 6.45) is 0.855. The van der Waals surface area contributed by atoms with Crippen molar-refractivity contribution in [3.8, 4) is 11.5 Å². The zero-order valence-electron chi connectivity index (χ0n) is 15.7. The average molecular weight is 376 g/mol. The predicted octanol–water partition coefficient (Wildman–Crippen LogP) is 3.44. The monoisotopic (exact) mass is 376 g/mol. The second kappa shape index (κ2) is 7.56. The Kier molecular flexibility index (Phi) is 4.80. The van der Waals surface area contributed by atoms with Crippen molar-refractivity contribution in [1.82, 2.24) is 10.2 Å². The maximum Gasteiger partial charge on any atom is 0.278 e. The van der Waals surface area contributed by atoms with Crippen molar-refractivity contribution >= 4 is 23.1 Å². The van der Waals surface area contributed by atoms with Crippen LogP contribution >= 0.6 is 0 Å². The summed E-state index contributed by atoms with van der Waals surface area (Å²) >= 11 is 0. The maximum atomic E-state index is 12.8. The van der Waals surface area contributed by atoms with Crippen molar-refractivity contribution in [3.63, 3.8) is 0 Å². The fourth-order valence-electron chi connectivity index (χ4n) is 3.26. The molecule has 0 saturated carbocycles. The van der Waals surface area contributed by atoms with Gasteiger partial charge in [-0.2, -0.15) is 0 Å². The summed E-state index contributed by atoms with van der Waals surface area (Å²) in [6.45, 7) is 0.658. The summed E-state index contributed by atoms with van der Waals surface area (Å²) in [7, 11) is 3.17. The van der Waals surface area contributed by atoms with Gasteiger partial charge in [0.2, 0.25) is 0 Å². The molecule has 0 spiro atoms. The molecule has 1 aromatic heterocycles. The topological polar surface area (TPSA) is 76.6 Å². The fraction of sp³-hybridized carbons (Fsp3) is 0.190. The van der Waals surface area contributed by atoms with Gasteiger partial charge >= 0.3 is 0 Å². The van der Waals surface area contributed by atoms with Crippen molar-refractivity contribution in [2.24, 2.45) is 0 Å². The van der Waals surface area contributed by atoms with Crippen LogP contribution in [-0.2, 0) is 6.42 Å². The number of nitrogens with one attached hydrogen (secondary N) is 1. The maximum absolute atomic E-state index is 12.8. The van der Waals surface area contributed by atoms with E-state index < -0.39 is 0 Å². The van der Waals surface area contributed by atoms with Crippen molar-refractivity contribution in [2.45, 2.75) is 6.42 Å². The van der Waals surface area contributed by atoms with Crippen molar-refractivity contribution in [2.75, 3.05) is 31.0 Å². The molecule has 0 aliphatic carbocycles. The van der Waals surface area contributed by atoms with E-state index in [-0.39, 0.29) is 5.91 Å². The molecule has 1 amide bonds. The van der Waals surface area contributed by atoms with Gasteiger partial charge in [0, 0.05) is 24.0 Å². The Morgan fingerprint density at radius 2 is 1.82 bits per heavy atom. The predicted molar refractivity (Wildman–Crippen MR) is 107 cm³/mol. The molecule has 1 N–H and O–H groups in total. The number of nitrogens with zero attached hydrogens (tertiary/aromatic N) is 3. The molecule has 1 aliphatic rings. The van der Waals surface area contributed by atoms with Gasteiger partial charge in [0.05, 0.1) is 14.2 Å². The molecule has 0 radical (unpaired) electrons. The van der Waals surface area contributed by atoms with Gasteiger partial charge in [-0.15, -0.1) is 10.2 Å². The number of anilines is 3. The molecule has 0 bridgehead atoms. The Morgan fingerprint density at radius 3 is 2.57 bits per heavy atom. The van der Waals surface area contributed by atoms with Crippen LogP contribution in [0.25, 0.3) is 0 Å². The van der Waals surface area contributed by atoms with E-state index in [1.807, 2.05) is 30.3 Å². The van der Waals surface area contributed by atoms with Gasteiger partial charge in [0.15, 0.2) is 23.0 Å². The third-order valence-corrected chi connectivity index (χ3v) is 4.67. The zero-order valence-corrected chi connectivity index (χ0v) is 15.7. The van der Waals surface area contributed by atoms with Gasteiger partial charge in [-0.1, -0.05) is 18.2 Å². The zero-order chi connectivity index (χ0) is 19.5. The van der Waals surface area contributed by atoms with Gasteiger partial charge in [-0.05, 0) is 42.3 Å². The van der Waals surface area contributed by atoms with E-state index in [2.05, 4.69) is 15.5 Å². The average Bonchev–Trinajstić information content (AvgIpc) is 3.18. The lowest BCUT2D eigenvalue weighted by molar-refractivity contribution is 0.0983. The first kappa shape index (κ1) is 17.8. The molecule has 28 heavy (non-hydrogen) atoms. The molecule has 7 heteroatoms. The summed E-state index contributed by atoms with van der Waals surface area (Å²) in [4.78, 5) is 14.6. The number of amides is 1. The van der Waals surface area contributed by atoms with Gasteiger partial charge in [-0.25, -0.2) is 0 Å². The minimum atomic E-state index is -0.143. The standard InChI is InChI=1S/C21H20N4O3/c1-27-18-9-7-15(13-19(18)28-2)22-20-10-8-16(23-24-20)21(26)25-12-11-14-5-3-4-6-17(14)25/h3-10,13H,11-12H2,1-2H3,(H,22,24). The highest BCUT2D eigenvalue weighted by molar-refractivity contribution is 6.06. The Hall–Kier alpha value is -3.61. The lowest BCUT2D eigenvalue weighted by Gasteiger charge is -2.16. The highest BCUT2D eigenvalue weighted by Crippen LogP contribution is 2.31. The van der Waals surface area contributed by atoms with Gasteiger partial charge in [0.1, 0.15) is 0 Å². The summed E-state index contributed by atoms with van der Waals surface area (Å²) < 4.78 is 10.5. The molecule has 0 unspecified atom stereocenters. The van der Waals surface area contributed by atoms with Gasteiger partial charge in [0.25, 0.3) is 5.91 Å². The third-order valence-electron chi connectivity index (χ3n) is 4.67. The largest absolute Gasteiger partial charge is 0.493 e. The molecular weight excluding hydrogens is 356 g/mol. The first-order valence-corrected chi connectivity index (χ1v) is 8.92. The van der Waals surface area contributed by atoms with E-state index in [0.29, 0.717) is 29.6 Å². The third kappa shape index (κ3) is 3.34.